The number of ether oxygens (including phenoxy) is 1. The summed E-state index contributed by atoms with van der Waals surface area (Å²) in [4.78, 5) is 14.8. The minimum absolute atomic E-state index is 0.00183. The molecule has 0 spiro atoms. The number of aromatic nitrogens is 2. The van der Waals surface area contributed by atoms with Gasteiger partial charge in [0.25, 0.3) is 0 Å². The summed E-state index contributed by atoms with van der Waals surface area (Å²) in [6, 6.07) is 16.6. The van der Waals surface area contributed by atoms with Gasteiger partial charge in [0.05, 0.1) is 10.9 Å². The fourth-order valence-corrected chi connectivity index (χ4v) is 4.31. The van der Waals surface area contributed by atoms with Gasteiger partial charge in [-0.05, 0) is 43.3 Å². The molecule has 9 heteroatoms. The molecule has 1 aliphatic heterocycles. The molecule has 190 valence electrons. The number of piperazine rings is 1. The van der Waals surface area contributed by atoms with Crippen LogP contribution in [-0.2, 0) is 4.79 Å². The number of hydrogen-bond donors (Lipinski definition) is 1. The number of carbonyl (C=O) groups excluding carboxylic acids is 1. The van der Waals surface area contributed by atoms with E-state index in [0.29, 0.717) is 54.1 Å². The molecule has 37 heavy (non-hydrogen) atoms. The van der Waals surface area contributed by atoms with Crippen molar-refractivity contribution in [3.8, 4) is 28.5 Å². The van der Waals surface area contributed by atoms with E-state index < -0.39 is 5.82 Å². The van der Waals surface area contributed by atoms with Crippen molar-refractivity contribution in [2.75, 3.05) is 31.1 Å². The monoisotopic (exact) mass is 520 g/mol. The Morgan fingerprint density at radius 2 is 1.73 bits per heavy atom. The van der Waals surface area contributed by atoms with Gasteiger partial charge in [0.15, 0.2) is 5.82 Å². The van der Waals surface area contributed by atoms with Crippen LogP contribution >= 0.6 is 11.6 Å². The zero-order valence-electron chi connectivity index (χ0n) is 20.3. The molecular weight excluding hydrogens is 495 g/mol. The number of phenolic OH excluding ortho intramolecular Hbond substituents is 1. The lowest BCUT2D eigenvalue weighted by atomic mass is 10.00. The second-order valence-electron chi connectivity index (χ2n) is 8.29. The first kappa shape index (κ1) is 25.9. The number of hydrogen-bond acceptors (Lipinski definition) is 6. The van der Waals surface area contributed by atoms with Crippen molar-refractivity contribution in [2.24, 2.45) is 0 Å². The Labute approximate surface area is 219 Å². The number of amides is 1. The third-order valence-electron chi connectivity index (χ3n) is 5.80. The standard InChI is InChI=1S/C25H20ClFN4O3.C3H6/c26-20-14-17-18(13-19(20)23-21(27)7-4-8-22(23)33)25(34-16-5-2-1-3-6-16)29-28-24(17)31-11-9-30(15-32)10-12-31;1-3-2/h1-8,13-15,33H,9-12H2;3H,1H2,2H3. The average Bonchev–Trinajstić information content (AvgIpc) is 2.90. The Hall–Kier alpha value is -4.17. The number of aromatic hydroxyl groups is 1. The van der Waals surface area contributed by atoms with Crippen molar-refractivity contribution in [1.82, 2.24) is 15.1 Å². The van der Waals surface area contributed by atoms with Gasteiger partial charge < -0.3 is 19.6 Å². The average molecular weight is 521 g/mol. The molecule has 1 N–H and O–H groups in total. The van der Waals surface area contributed by atoms with Gasteiger partial charge in [0.1, 0.15) is 17.3 Å². The normalized spacial score (nSPS) is 13.1. The smallest absolute Gasteiger partial charge is 0.246 e. The van der Waals surface area contributed by atoms with Crippen LogP contribution in [0.25, 0.3) is 21.9 Å². The SMILES string of the molecule is C=CC.O=CN1CCN(c2nnc(Oc3ccccc3)c3cc(-c4c(O)cccc4F)c(Cl)cc23)CC1. The fraction of sp³-hybridized carbons (Fsp3) is 0.179. The summed E-state index contributed by atoms with van der Waals surface area (Å²) >= 11 is 6.61. The number of rotatable bonds is 5. The van der Waals surface area contributed by atoms with Gasteiger partial charge in [-0.2, -0.15) is 0 Å². The maximum atomic E-state index is 14.7. The largest absolute Gasteiger partial charge is 0.507 e. The summed E-state index contributed by atoms with van der Waals surface area (Å²) in [6.45, 7) is 7.53. The molecule has 0 bridgehead atoms. The molecule has 5 rings (SSSR count). The number of para-hydroxylation sites is 1. The van der Waals surface area contributed by atoms with Crippen molar-refractivity contribution in [3.63, 3.8) is 0 Å². The number of allylic oxidation sites excluding steroid dienone is 1. The van der Waals surface area contributed by atoms with E-state index in [1.165, 1.54) is 18.2 Å². The highest BCUT2D eigenvalue weighted by atomic mass is 35.5. The Kier molecular flexibility index (Phi) is 8.20. The molecule has 0 unspecified atom stereocenters. The van der Waals surface area contributed by atoms with Crippen molar-refractivity contribution < 1.29 is 19.0 Å². The molecular formula is C28H26ClFN4O3. The summed E-state index contributed by atoms with van der Waals surface area (Å²) in [5.74, 6) is 0.561. The third kappa shape index (κ3) is 5.65. The van der Waals surface area contributed by atoms with Crippen LogP contribution in [0.1, 0.15) is 6.92 Å². The van der Waals surface area contributed by atoms with E-state index in [9.17, 15) is 14.3 Å². The van der Waals surface area contributed by atoms with Crippen molar-refractivity contribution in [2.45, 2.75) is 6.92 Å². The van der Waals surface area contributed by atoms with Gasteiger partial charge in [-0.25, -0.2) is 4.39 Å². The zero-order valence-corrected chi connectivity index (χ0v) is 21.0. The number of anilines is 1. The Balaban J connectivity index is 0.00000102. The molecule has 0 radical (unpaired) electrons. The molecule has 0 saturated carbocycles. The maximum absolute atomic E-state index is 14.7. The number of carbonyl (C=O) groups is 1. The van der Waals surface area contributed by atoms with Crippen LogP contribution in [0, 0.1) is 5.82 Å². The number of benzene rings is 3. The van der Waals surface area contributed by atoms with E-state index >= 15 is 0 Å². The van der Waals surface area contributed by atoms with E-state index in [2.05, 4.69) is 16.8 Å². The van der Waals surface area contributed by atoms with Gasteiger partial charge >= 0.3 is 0 Å². The van der Waals surface area contributed by atoms with E-state index in [-0.39, 0.29) is 22.2 Å². The highest BCUT2D eigenvalue weighted by Crippen LogP contribution is 2.42. The lowest BCUT2D eigenvalue weighted by Crippen LogP contribution is -2.46. The first-order valence-electron chi connectivity index (χ1n) is 11.7. The predicted molar refractivity (Wildman–Crippen MR) is 144 cm³/mol. The molecule has 4 aromatic rings. The van der Waals surface area contributed by atoms with Crippen molar-refractivity contribution in [3.05, 3.63) is 84.2 Å². The van der Waals surface area contributed by atoms with Gasteiger partial charge in [-0.15, -0.1) is 16.8 Å². The molecule has 7 nitrogen and oxygen atoms in total. The van der Waals surface area contributed by atoms with Crippen LogP contribution in [0.4, 0.5) is 10.2 Å². The summed E-state index contributed by atoms with van der Waals surface area (Å²) in [5, 5.41) is 20.6. The lowest BCUT2D eigenvalue weighted by Gasteiger charge is -2.33. The Morgan fingerprint density at radius 1 is 1.03 bits per heavy atom. The highest BCUT2D eigenvalue weighted by molar-refractivity contribution is 6.34. The Morgan fingerprint density at radius 3 is 2.38 bits per heavy atom. The van der Waals surface area contributed by atoms with Crippen molar-refractivity contribution in [1.29, 1.82) is 0 Å². The first-order chi connectivity index (χ1) is 18.0. The second kappa shape index (κ2) is 11.7. The number of phenols is 1. The minimum Gasteiger partial charge on any atom is -0.507 e. The molecule has 1 fully saturated rings. The zero-order chi connectivity index (χ0) is 26.4. The molecule has 3 aromatic carbocycles. The topological polar surface area (TPSA) is 78.8 Å². The number of nitrogens with zero attached hydrogens (tertiary/aromatic N) is 4. The van der Waals surface area contributed by atoms with Gasteiger partial charge in [-0.1, -0.05) is 41.9 Å². The summed E-state index contributed by atoms with van der Waals surface area (Å²) in [6.07, 6.45) is 2.59. The third-order valence-corrected chi connectivity index (χ3v) is 6.11. The highest BCUT2D eigenvalue weighted by Gasteiger charge is 2.23. The molecule has 1 amide bonds. The van der Waals surface area contributed by atoms with Crippen LogP contribution in [0.3, 0.4) is 0 Å². The number of fused-ring (bicyclic) bond motifs is 1. The maximum Gasteiger partial charge on any atom is 0.246 e. The van der Waals surface area contributed by atoms with E-state index in [0.717, 1.165) is 6.41 Å². The Bertz CT molecular complexity index is 1390. The molecule has 1 saturated heterocycles. The van der Waals surface area contributed by atoms with Crippen molar-refractivity contribution >= 4 is 34.6 Å². The minimum atomic E-state index is -0.598. The van der Waals surface area contributed by atoms with Gasteiger partial charge in [-0.3, -0.25) is 4.79 Å². The van der Waals surface area contributed by atoms with E-state index in [4.69, 9.17) is 16.3 Å². The summed E-state index contributed by atoms with van der Waals surface area (Å²) < 4.78 is 20.7. The predicted octanol–water partition coefficient (Wildman–Crippen LogP) is 6.06. The summed E-state index contributed by atoms with van der Waals surface area (Å²) in [7, 11) is 0. The molecule has 0 atom stereocenters. The van der Waals surface area contributed by atoms with Gasteiger partial charge in [0.2, 0.25) is 12.3 Å². The molecule has 1 aromatic heterocycles. The van der Waals surface area contributed by atoms with E-state index in [1.807, 2.05) is 30.0 Å². The first-order valence-corrected chi connectivity index (χ1v) is 12.1. The molecule has 1 aliphatic rings. The quantitative estimate of drug-likeness (QED) is 0.254. The molecule has 0 aliphatic carbocycles. The molecule has 2 heterocycles. The van der Waals surface area contributed by atoms with Crippen LogP contribution < -0.4 is 9.64 Å². The van der Waals surface area contributed by atoms with Crippen LogP contribution in [-0.4, -0.2) is 52.8 Å². The fourth-order valence-electron chi connectivity index (χ4n) is 4.05. The van der Waals surface area contributed by atoms with Gasteiger partial charge in [0, 0.05) is 42.2 Å². The van der Waals surface area contributed by atoms with Crippen LogP contribution in [0.15, 0.2) is 73.3 Å². The number of halogens is 2. The second-order valence-corrected chi connectivity index (χ2v) is 8.70. The summed E-state index contributed by atoms with van der Waals surface area (Å²) in [5.41, 5.74) is 0.311. The van der Waals surface area contributed by atoms with E-state index in [1.54, 1.807) is 35.2 Å². The van der Waals surface area contributed by atoms with Crippen LogP contribution in [0.2, 0.25) is 5.02 Å². The lowest BCUT2D eigenvalue weighted by molar-refractivity contribution is -0.118. The van der Waals surface area contributed by atoms with Crippen LogP contribution in [0.5, 0.6) is 17.4 Å².